The van der Waals surface area contributed by atoms with Gasteiger partial charge in [-0.15, -0.1) is 0 Å². The lowest BCUT2D eigenvalue weighted by molar-refractivity contribution is -0.385. The fourth-order valence-corrected chi connectivity index (χ4v) is 3.37. The van der Waals surface area contributed by atoms with Crippen molar-refractivity contribution in [2.24, 2.45) is 5.16 Å². The molecule has 1 aromatic heterocycles. The van der Waals surface area contributed by atoms with Crippen LogP contribution >= 0.6 is 0 Å². The van der Waals surface area contributed by atoms with Gasteiger partial charge in [-0.3, -0.25) is 20.0 Å². The Hall–Kier alpha value is -3.69. The standard InChI is InChI=1S/C22H27N5O5/c1-2-32-24-17-18-6-7-21(20(16-18)27(29)30)31-15-5-3-4-12-25-13-14-26(22(25)28)19-8-10-23-11-9-19/h6-11,16-17H,2-5,12-15H2,1H3/b24-17+. The lowest BCUT2D eigenvalue weighted by Crippen LogP contribution is -2.32. The van der Waals surface area contributed by atoms with E-state index in [1.807, 2.05) is 17.0 Å². The highest BCUT2D eigenvalue weighted by Crippen LogP contribution is 2.28. The van der Waals surface area contributed by atoms with Crippen molar-refractivity contribution >= 4 is 23.6 Å². The van der Waals surface area contributed by atoms with Gasteiger partial charge in [0.1, 0.15) is 6.61 Å². The number of carbonyl (C=O) groups excluding carboxylic acids is 1. The number of amides is 2. The number of carbonyl (C=O) groups is 1. The zero-order valence-electron chi connectivity index (χ0n) is 18.1. The van der Waals surface area contributed by atoms with E-state index in [0.717, 1.165) is 24.9 Å². The van der Waals surface area contributed by atoms with Crippen LogP contribution in [0.3, 0.4) is 0 Å². The van der Waals surface area contributed by atoms with Crippen LogP contribution < -0.4 is 9.64 Å². The van der Waals surface area contributed by atoms with Gasteiger partial charge in [0.25, 0.3) is 0 Å². The van der Waals surface area contributed by atoms with Gasteiger partial charge in [0.2, 0.25) is 0 Å². The average Bonchev–Trinajstić information content (AvgIpc) is 3.17. The Kier molecular flexibility index (Phi) is 8.36. The second-order valence-corrected chi connectivity index (χ2v) is 7.17. The predicted molar refractivity (Wildman–Crippen MR) is 120 cm³/mol. The molecule has 2 amide bonds. The van der Waals surface area contributed by atoms with Crippen molar-refractivity contribution in [3.63, 3.8) is 0 Å². The maximum absolute atomic E-state index is 12.5. The van der Waals surface area contributed by atoms with Crippen LogP contribution in [0.1, 0.15) is 31.7 Å². The van der Waals surface area contributed by atoms with Gasteiger partial charge in [0.15, 0.2) is 5.75 Å². The van der Waals surface area contributed by atoms with Crippen LogP contribution in [0.15, 0.2) is 47.9 Å². The van der Waals surface area contributed by atoms with E-state index in [1.54, 1.807) is 36.4 Å². The number of ether oxygens (including phenoxy) is 1. The predicted octanol–water partition coefficient (Wildman–Crippen LogP) is 3.85. The molecule has 1 aliphatic heterocycles. The summed E-state index contributed by atoms with van der Waals surface area (Å²) < 4.78 is 5.64. The molecule has 10 heteroatoms. The third kappa shape index (κ3) is 6.16. The summed E-state index contributed by atoms with van der Waals surface area (Å²) in [5.74, 6) is 0.228. The van der Waals surface area contributed by atoms with Crippen LogP contribution in [0.4, 0.5) is 16.2 Å². The number of nitro benzene ring substituents is 1. The summed E-state index contributed by atoms with van der Waals surface area (Å²) in [6.07, 6.45) is 7.21. The molecule has 0 atom stereocenters. The van der Waals surface area contributed by atoms with Crippen molar-refractivity contribution in [3.8, 4) is 5.75 Å². The van der Waals surface area contributed by atoms with Gasteiger partial charge >= 0.3 is 11.7 Å². The molecule has 0 spiro atoms. The van der Waals surface area contributed by atoms with Crippen LogP contribution in [0.25, 0.3) is 0 Å². The Morgan fingerprint density at radius 3 is 2.75 bits per heavy atom. The number of pyridine rings is 1. The summed E-state index contributed by atoms with van der Waals surface area (Å²) in [5, 5.41) is 15.1. The van der Waals surface area contributed by atoms with E-state index in [0.29, 0.717) is 38.4 Å². The third-order valence-electron chi connectivity index (χ3n) is 4.98. The molecule has 0 unspecified atom stereocenters. The van der Waals surface area contributed by atoms with Crippen molar-refractivity contribution in [3.05, 3.63) is 58.4 Å². The largest absolute Gasteiger partial charge is 0.487 e. The second kappa shape index (κ2) is 11.6. The van der Waals surface area contributed by atoms with Gasteiger partial charge in [0, 0.05) is 49.3 Å². The molecule has 1 saturated heterocycles. The zero-order valence-corrected chi connectivity index (χ0v) is 18.1. The normalized spacial score (nSPS) is 13.7. The van der Waals surface area contributed by atoms with Crippen LogP contribution in [-0.2, 0) is 4.84 Å². The minimum Gasteiger partial charge on any atom is -0.487 e. The number of oxime groups is 1. The molecule has 0 radical (unpaired) electrons. The molecule has 1 fully saturated rings. The highest BCUT2D eigenvalue weighted by Gasteiger charge is 2.28. The highest BCUT2D eigenvalue weighted by molar-refractivity contribution is 5.94. The number of hydrogen-bond acceptors (Lipinski definition) is 7. The number of urea groups is 1. The molecule has 10 nitrogen and oxygen atoms in total. The van der Waals surface area contributed by atoms with Gasteiger partial charge in [-0.25, -0.2) is 4.79 Å². The molecule has 2 aromatic rings. The SMILES string of the molecule is CCO/N=C/c1ccc(OCCCCCN2CCN(c3ccncc3)C2=O)c([N+](=O)[O-])c1. The smallest absolute Gasteiger partial charge is 0.324 e. The van der Waals surface area contributed by atoms with Crippen molar-refractivity contribution in [1.82, 2.24) is 9.88 Å². The third-order valence-corrected chi connectivity index (χ3v) is 4.98. The van der Waals surface area contributed by atoms with Gasteiger partial charge in [-0.1, -0.05) is 5.16 Å². The first kappa shape index (κ1) is 23.0. The van der Waals surface area contributed by atoms with Crippen LogP contribution in [-0.4, -0.2) is 59.9 Å². The van der Waals surface area contributed by atoms with E-state index in [-0.39, 0.29) is 17.5 Å². The van der Waals surface area contributed by atoms with E-state index >= 15 is 0 Å². The van der Waals surface area contributed by atoms with Gasteiger partial charge in [-0.2, -0.15) is 0 Å². The van der Waals surface area contributed by atoms with Gasteiger partial charge in [0.05, 0.1) is 17.7 Å². The molecule has 0 N–H and O–H groups in total. The number of aromatic nitrogens is 1. The molecular formula is C22H27N5O5. The maximum atomic E-state index is 12.5. The van der Waals surface area contributed by atoms with E-state index in [2.05, 4.69) is 10.1 Å². The lowest BCUT2D eigenvalue weighted by atomic mass is 10.2. The Morgan fingerprint density at radius 2 is 2.00 bits per heavy atom. The number of nitrogens with zero attached hydrogens (tertiary/aromatic N) is 5. The van der Waals surface area contributed by atoms with Gasteiger partial charge in [-0.05, 0) is 50.5 Å². The van der Waals surface area contributed by atoms with Crippen molar-refractivity contribution in [1.29, 1.82) is 0 Å². The second-order valence-electron chi connectivity index (χ2n) is 7.17. The molecule has 0 aliphatic carbocycles. The van der Waals surface area contributed by atoms with Crippen molar-refractivity contribution in [2.75, 3.05) is 37.7 Å². The average molecular weight is 441 g/mol. The quantitative estimate of drug-likeness (QED) is 0.214. The Bertz CT molecular complexity index is 938. The van der Waals surface area contributed by atoms with Crippen LogP contribution in [0.2, 0.25) is 0 Å². The fourth-order valence-electron chi connectivity index (χ4n) is 3.37. The lowest BCUT2D eigenvalue weighted by Gasteiger charge is -2.18. The molecule has 0 bridgehead atoms. The Labute approximate surface area is 186 Å². The van der Waals surface area contributed by atoms with Crippen LogP contribution in [0, 0.1) is 10.1 Å². The summed E-state index contributed by atoms with van der Waals surface area (Å²) in [4.78, 5) is 35.9. The number of hydrogen-bond donors (Lipinski definition) is 0. The molecule has 170 valence electrons. The highest BCUT2D eigenvalue weighted by atomic mass is 16.6. The molecule has 2 heterocycles. The Morgan fingerprint density at radius 1 is 1.19 bits per heavy atom. The first-order valence-electron chi connectivity index (χ1n) is 10.6. The molecule has 1 aromatic carbocycles. The minimum absolute atomic E-state index is 0.0102. The summed E-state index contributed by atoms with van der Waals surface area (Å²) in [6.45, 7) is 4.63. The van der Waals surface area contributed by atoms with Gasteiger partial charge < -0.3 is 14.5 Å². The summed E-state index contributed by atoms with van der Waals surface area (Å²) in [6, 6.07) is 8.34. The first-order valence-corrected chi connectivity index (χ1v) is 10.6. The number of anilines is 1. The van der Waals surface area contributed by atoms with E-state index in [4.69, 9.17) is 9.57 Å². The molecule has 1 aliphatic rings. The zero-order chi connectivity index (χ0) is 22.8. The number of nitro groups is 1. The van der Waals surface area contributed by atoms with Crippen molar-refractivity contribution in [2.45, 2.75) is 26.2 Å². The summed E-state index contributed by atoms with van der Waals surface area (Å²) in [7, 11) is 0. The van der Waals surface area contributed by atoms with E-state index < -0.39 is 4.92 Å². The van der Waals surface area contributed by atoms with E-state index in [1.165, 1.54) is 12.3 Å². The maximum Gasteiger partial charge on any atom is 0.324 e. The monoisotopic (exact) mass is 441 g/mol. The number of benzene rings is 1. The van der Waals surface area contributed by atoms with E-state index in [9.17, 15) is 14.9 Å². The molecular weight excluding hydrogens is 414 g/mol. The molecule has 32 heavy (non-hydrogen) atoms. The van der Waals surface area contributed by atoms with Crippen LogP contribution in [0.5, 0.6) is 5.75 Å². The number of rotatable bonds is 12. The number of unbranched alkanes of at least 4 members (excludes halogenated alkanes) is 2. The fraction of sp³-hybridized carbons (Fsp3) is 0.409. The summed E-state index contributed by atoms with van der Waals surface area (Å²) >= 11 is 0. The minimum atomic E-state index is -0.471. The molecule has 3 rings (SSSR count). The van der Waals surface area contributed by atoms with Crippen molar-refractivity contribution < 1.29 is 19.3 Å². The summed E-state index contributed by atoms with van der Waals surface area (Å²) in [5.41, 5.74) is 1.32. The first-order chi connectivity index (χ1) is 15.6. The topological polar surface area (TPSA) is 110 Å². The Balaban J connectivity index is 1.40. The molecule has 0 saturated carbocycles.